The number of hydrogen-bond acceptors (Lipinski definition) is 5. The zero-order valence-electron chi connectivity index (χ0n) is 13.0. The van der Waals surface area contributed by atoms with Gasteiger partial charge in [-0.15, -0.1) is 0 Å². The van der Waals surface area contributed by atoms with Crippen LogP contribution in [0.4, 0.5) is 0 Å². The van der Waals surface area contributed by atoms with Crippen molar-refractivity contribution in [2.24, 2.45) is 0 Å². The molecule has 24 heavy (non-hydrogen) atoms. The maximum atomic E-state index is 12.8. The van der Waals surface area contributed by atoms with Crippen LogP contribution in [0.1, 0.15) is 34.9 Å². The van der Waals surface area contributed by atoms with Gasteiger partial charge >= 0.3 is 0 Å². The highest BCUT2D eigenvalue weighted by molar-refractivity contribution is 5.93. The van der Waals surface area contributed by atoms with E-state index in [1.807, 2.05) is 35.4 Å². The van der Waals surface area contributed by atoms with E-state index >= 15 is 0 Å². The lowest BCUT2D eigenvalue weighted by Gasteiger charge is -2.23. The summed E-state index contributed by atoms with van der Waals surface area (Å²) >= 11 is 0. The van der Waals surface area contributed by atoms with Gasteiger partial charge in [-0.05, 0) is 36.6 Å². The Morgan fingerprint density at radius 3 is 2.75 bits per heavy atom. The van der Waals surface area contributed by atoms with Gasteiger partial charge in [-0.25, -0.2) is 0 Å². The lowest BCUT2D eigenvalue weighted by molar-refractivity contribution is 0.0725. The highest BCUT2D eigenvalue weighted by atomic mass is 16.5. The molecule has 0 spiro atoms. The van der Waals surface area contributed by atoms with Gasteiger partial charge in [0.15, 0.2) is 11.5 Å². The molecule has 0 bridgehead atoms. The lowest BCUT2D eigenvalue weighted by atomic mass is 10.1. The Labute approximate surface area is 139 Å². The lowest BCUT2D eigenvalue weighted by Crippen LogP contribution is -2.30. The Morgan fingerprint density at radius 1 is 1.17 bits per heavy atom. The van der Waals surface area contributed by atoms with Crippen molar-refractivity contribution in [3.63, 3.8) is 0 Å². The van der Waals surface area contributed by atoms with Crippen LogP contribution >= 0.6 is 0 Å². The molecule has 1 unspecified atom stereocenters. The van der Waals surface area contributed by atoms with Gasteiger partial charge in [0.1, 0.15) is 0 Å². The average Bonchev–Trinajstić information content (AvgIpc) is 3.32. The molecule has 6 heteroatoms. The van der Waals surface area contributed by atoms with E-state index in [9.17, 15) is 4.79 Å². The number of aromatic nitrogens is 3. The molecule has 4 rings (SSSR count). The van der Waals surface area contributed by atoms with Crippen molar-refractivity contribution in [2.45, 2.75) is 18.9 Å². The molecule has 1 amide bonds. The predicted octanol–water partition coefficient (Wildman–Crippen LogP) is 3.11. The first-order chi connectivity index (χ1) is 11.8. The summed E-state index contributed by atoms with van der Waals surface area (Å²) in [5, 5.41) is 3.96. The Balaban J connectivity index is 1.58. The van der Waals surface area contributed by atoms with Crippen LogP contribution in [0.25, 0.3) is 11.3 Å². The summed E-state index contributed by atoms with van der Waals surface area (Å²) in [7, 11) is 0. The fourth-order valence-electron chi connectivity index (χ4n) is 3.10. The summed E-state index contributed by atoms with van der Waals surface area (Å²) in [5.41, 5.74) is 2.18. The first kappa shape index (κ1) is 14.6. The van der Waals surface area contributed by atoms with E-state index in [4.69, 9.17) is 4.52 Å². The van der Waals surface area contributed by atoms with Crippen molar-refractivity contribution >= 4 is 5.91 Å². The van der Waals surface area contributed by atoms with Crippen LogP contribution < -0.4 is 0 Å². The number of hydrogen-bond donors (Lipinski definition) is 0. The van der Waals surface area contributed by atoms with E-state index < -0.39 is 0 Å². The number of likely N-dealkylation sites (tertiary alicyclic amines) is 1. The van der Waals surface area contributed by atoms with Gasteiger partial charge in [0.2, 0.25) is 0 Å². The van der Waals surface area contributed by atoms with Gasteiger partial charge in [-0.1, -0.05) is 11.2 Å². The molecule has 1 saturated heterocycles. The van der Waals surface area contributed by atoms with Crippen LogP contribution in [-0.2, 0) is 0 Å². The van der Waals surface area contributed by atoms with Crippen LogP contribution in [0.5, 0.6) is 0 Å². The molecule has 3 aromatic heterocycles. The number of nitrogens with zero attached hydrogens (tertiary/aromatic N) is 4. The predicted molar refractivity (Wildman–Crippen MR) is 87.0 cm³/mol. The van der Waals surface area contributed by atoms with Crippen molar-refractivity contribution in [1.82, 2.24) is 20.0 Å². The van der Waals surface area contributed by atoms with Crippen LogP contribution in [0.3, 0.4) is 0 Å². The second-order valence-corrected chi connectivity index (χ2v) is 5.76. The number of rotatable bonds is 3. The van der Waals surface area contributed by atoms with Crippen LogP contribution in [0.2, 0.25) is 0 Å². The molecular formula is C18H16N4O2. The maximum Gasteiger partial charge on any atom is 0.276 e. The topological polar surface area (TPSA) is 72.1 Å². The zero-order valence-corrected chi connectivity index (χ0v) is 13.0. The van der Waals surface area contributed by atoms with Crippen molar-refractivity contribution in [1.29, 1.82) is 0 Å². The molecule has 0 aromatic carbocycles. The quantitative estimate of drug-likeness (QED) is 0.741. The normalized spacial score (nSPS) is 17.2. The van der Waals surface area contributed by atoms with E-state index in [1.165, 1.54) is 0 Å². The summed E-state index contributed by atoms with van der Waals surface area (Å²) in [4.78, 5) is 22.9. The van der Waals surface area contributed by atoms with E-state index in [-0.39, 0.29) is 11.9 Å². The number of pyridine rings is 2. The van der Waals surface area contributed by atoms with Gasteiger partial charge < -0.3 is 9.42 Å². The van der Waals surface area contributed by atoms with E-state index in [0.29, 0.717) is 18.0 Å². The van der Waals surface area contributed by atoms with Gasteiger partial charge in [-0.3, -0.25) is 14.8 Å². The highest BCUT2D eigenvalue weighted by Gasteiger charge is 2.32. The van der Waals surface area contributed by atoms with Crippen molar-refractivity contribution in [3.8, 4) is 11.3 Å². The summed E-state index contributed by atoms with van der Waals surface area (Å²) in [6.45, 7) is 0.716. The minimum Gasteiger partial charge on any atom is -0.355 e. The van der Waals surface area contributed by atoms with Gasteiger partial charge in [0, 0.05) is 43.0 Å². The summed E-state index contributed by atoms with van der Waals surface area (Å²) in [6, 6.07) is 9.32. The Morgan fingerprint density at radius 2 is 2.00 bits per heavy atom. The SMILES string of the molecule is O=C(c1cc(-c2cccnc2)on1)N1CCCC1c1cccnc1. The second kappa shape index (κ2) is 6.23. The third-order valence-electron chi connectivity index (χ3n) is 4.26. The first-order valence-electron chi connectivity index (χ1n) is 7.91. The molecule has 1 aliphatic heterocycles. The summed E-state index contributed by atoms with van der Waals surface area (Å²) in [5.74, 6) is 0.434. The maximum absolute atomic E-state index is 12.8. The second-order valence-electron chi connectivity index (χ2n) is 5.76. The average molecular weight is 320 g/mol. The van der Waals surface area contributed by atoms with Gasteiger partial charge in [0.05, 0.1) is 6.04 Å². The van der Waals surface area contributed by atoms with Crippen LogP contribution in [-0.4, -0.2) is 32.5 Å². The Kier molecular flexibility index (Phi) is 3.78. The van der Waals surface area contributed by atoms with E-state index in [1.54, 1.807) is 24.7 Å². The van der Waals surface area contributed by atoms with Crippen molar-refractivity contribution in [2.75, 3.05) is 6.54 Å². The van der Waals surface area contributed by atoms with E-state index in [0.717, 1.165) is 24.0 Å². The smallest absolute Gasteiger partial charge is 0.276 e. The van der Waals surface area contributed by atoms with Crippen LogP contribution in [0, 0.1) is 0 Å². The largest absolute Gasteiger partial charge is 0.355 e. The standard InChI is InChI=1S/C18H16N4O2/c23-18(15-10-17(24-21-15)14-5-2-8-20-12-14)22-9-3-6-16(22)13-4-1-7-19-11-13/h1-2,4-5,7-8,10-12,16H,3,6,9H2. The fourth-order valence-corrected chi connectivity index (χ4v) is 3.10. The fraction of sp³-hybridized carbons (Fsp3) is 0.222. The van der Waals surface area contributed by atoms with Crippen molar-refractivity contribution < 1.29 is 9.32 Å². The van der Waals surface area contributed by atoms with E-state index in [2.05, 4.69) is 15.1 Å². The third-order valence-corrected chi connectivity index (χ3v) is 4.26. The minimum absolute atomic E-state index is 0.0461. The van der Waals surface area contributed by atoms with Gasteiger partial charge in [-0.2, -0.15) is 0 Å². The molecule has 1 aliphatic rings. The number of carbonyl (C=O) groups is 1. The molecule has 0 radical (unpaired) electrons. The summed E-state index contributed by atoms with van der Waals surface area (Å²) in [6.07, 6.45) is 8.84. The first-order valence-corrected chi connectivity index (χ1v) is 7.91. The van der Waals surface area contributed by atoms with Crippen LogP contribution in [0.15, 0.2) is 59.6 Å². The molecule has 0 aliphatic carbocycles. The molecule has 6 nitrogen and oxygen atoms in total. The third kappa shape index (κ3) is 2.67. The number of amides is 1. The molecule has 3 aromatic rings. The highest BCUT2D eigenvalue weighted by Crippen LogP contribution is 2.33. The molecule has 0 N–H and O–H groups in total. The minimum atomic E-state index is -0.111. The monoisotopic (exact) mass is 320 g/mol. The van der Waals surface area contributed by atoms with Gasteiger partial charge in [0.25, 0.3) is 5.91 Å². The summed E-state index contributed by atoms with van der Waals surface area (Å²) < 4.78 is 5.32. The molecule has 120 valence electrons. The molecule has 0 saturated carbocycles. The van der Waals surface area contributed by atoms with Crippen molar-refractivity contribution in [3.05, 3.63) is 66.4 Å². The molecule has 1 atom stereocenters. The zero-order chi connectivity index (χ0) is 16.4. The Bertz CT molecular complexity index is 832. The molecule has 1 fully saturated rings. The molecule has 4 heterocycles. The Hall–Kier alpha value is -3.02. The molecular weight excluding hydrogens is 304 g/mol. The number of carbonyl (C=O) groups excluding carboxylic acids is 1.